The van der Waals surface area contributed by atoms with Crippen LogP contribution in [0.4, 0.5) is 0 Å². The Morgan fingerprint density at radius 1 is 1.47 bits per heavy atom. The molecule has 5 nitrogen and oxygen atoms in total. The molecule has 0 fully saturated rings. The van der Waals surface area contributed by atoms with Gasteiger partial charge in [-0.3, -0.25) is 14.6 Å². The molecule has 15 heavy (non-hydrogen) atoms. The fourth-order valence-electron chi connectivity index (χ4n) is 0.952. The molecule has 0 atom stereocenters. The quantitative estimate of drug-likeness (QED) is 0.726. The van der Waals surface area contributed by atoms with Gasteiger partial charge >= 0.3 is 5.97 Å². The van der Waals surface area contributed by atoms with Gasteiger partial charge in [0, 0.05) is 6.20 Å². The van der Waals surface area contributed by atoms with Crippen molar-refractivity contribution in [2.24, 2.45) is 0 Å². The second kappa shape index (κ2) is 5.74. The predicted molar refractivity (Wildman–Crippen MR) is 53.2 cm³/mol. The van der Waals surface area contributed by atoms with Crippen LogP contribution in [0.15, 0.2) is 24.4 Å². The minimum absolute atomic E-state index is 0.136. The molecule has 1 aromatic rings. The van der Waals surface area contributed by atoms with E-state index in [4.69, 9.17) is 0 Å². The number of carbonyl (C=O) groups is 2. The SMILES string of the molecule is CCOC(=O)CNC(=O)c1ccccn1. The van der Waals surface area contributed by atoms with E-state index in [0.717, 1.165) is 0 Å². The zero-order valence-electron chi connectivity index (χ0n) is 8.40. The number of nitrogens with zero attached hydrogens (tertiary/aromatic N) is 1. The number of esters is 1. The van der Waals surface area contributed by atoms with E-state index in [9.17, 15) is 9.59 Å². The molecule has 0 aliphatic heterocycles. The van der Waals surface area contributed by atoms with E-state index >= 15 is 0 Å². The van der Waals surface area contributed by atoms with Crippen molar-refractivity contribution >= 4 is 11.9 Å². The highest BCUT2D eigenvalue weighted by molar-refractivity contribution is 5.94. The molecule has 0 aliphatic rings. The molecule has 0 saturated heterocycles. The van der Waals surface area contributed by atoms with Crippen LogP contribution in [0.1, 0.15) is 17.4 Å². The Kier molecular flexibility index (Phi) is 4.28. The number of amides is 1. The van der Waals surface area contributed by atoms with Crippen LogP contribution in [0.5, 0.6) is 0 Å². The lowest BCUT2D eigenvalue weighted by Crippen LogP contribution is -2.31. The first kappa shape index (κ1) is 11.2. The Hall–Kier alpha value is -1.91. The lowest BCUT2D eigenvalue weighted by atomic mass is 10.3. The molecule has 0 saturated carbocycles. The van der Waals surface area contributed by atoms with Crippen molar-refractivity contribution in [1.82, 2.24) is 10.3 Å². The second-order valence-corrected chi connectivity index (χ2v) is 2.70. The average molecular weight is 208 g/mol. The van der Waals surface area contributed by atoms with Gasteiger partial charge in [0.25, 0.3) is 5.91 Å². The highest BCUT2D eigenvalue weighted by atomic mass is 16.5. The summed E-state index contributed by atoms with van der Waals surface area (Å²) in [7, 11) is 0. The molecule has 0 bridgehead atoms. The van der Waals surface area contributed by atoms with Gasteiger partial charge in [-0.25, -0.2) is 0 Å². The number of ether oxygens (including phenoxy) is 1. The molecular formula is C10H12N2O3. The molecule has 1 N–H and O–H groups in total. The van der Waals surface area contributed by atoms with E-state index in [1.54, 1.807) is 25.1 Å². The predicted octanol–water partition coefficient (Wildman–Crippen LogP) is 0.374. The zero-order valence-corrected chi connectivity index (χ0v) is 8.40. The highest BCUT2D eigenvalue weighted by Crippen LogP contribution is 1.92. The summed E-state index contributed by atoms with van der Waals surface area (Å²) in [6, 6.07) is 4.98. The number of aromatic nitrogens is 1. The summed E-state index contributed by atoms with van der Waals surface area (Å²) in [5.41, 5.74) is 0.279. The molecule has 1 aromatic heterocycles. The van der Waals surface area contributed by atoms with E-state index in [1.807, 2.05) is 0 Å². The molecule has 0 unspecified atom stereocenters. The summed E-state index contributed by atoms with van der Waals surface area (Å²) in [5.74, 6) is -0.842. The second-order valence-electron chi connectivity index (χ2n) is 2.70. The van der Waals surface area contributed by atoms with Crippen LogP contribution in [0.2, 0.25) is 0 Å². The summed E-state index contributed by atoms with van der Waals surface area (Å²) in [5, 5.41) is 2.41. The minimum Gasteiger partial charge on any atom is -0.465 e. The maximum atomic E-state index is 11.4. The molecule has 1 amide bonds. The maximum absolute atomic E-state index is 11.4. The van der Waals surface area contributed by atoms with Gasteiger partial charge in [0.15, 0.2) is 0 Å². The molecule has 1 rings (SSSR count). The lowest BCUT2D eigenvalue weighted by molar-refractivity contribution is -0.141. The molecule has 0 aromatic carbocycles. The highest BCUT2D eigenvalue weighted by Gasteiger charge is 2.08. The van der Waals surface area contributed by atoms with E-state index in [0.29, 0.717) is 6.61 Å². The fraction of sp³-hybridized carbons (Fsp3) is 0.300. The van der Waals surface area contributed by atoms with Crippen LogP contribution >= 0.6 is 0 Å². The van der Waals surface area contributed by atoms with Gasteiger partial charge in [0.1, 0.15) is 12.2 Å². The first-order valence-electron chi connectivity index (χ1n) is 4.59. The molecule has 0 aliphatic carbocycles. The summed E-state index contributed by atoms with van der Waals surface area (Å²) in [6.07, 6.45) is 1.51. The third-order valence-electron chi connectivity index (χ3n) is 1.60. The number of pyridine rings is 1. The van der Waals surface area contributed by atoms with Gasteiger partial charge in [-0.1, -0.05) is 6.07 Å². The molecule has 5 heteroatoms. The standard InChI is InChI=1S/C10H12N2O3/c1-2-15-9(13)7-12-10(14)8-5-3-4-6-11-8/h3-6H,2,7H2,1H3,(H,12,14). The van der Waals surface area contributed by atoms with Gasteiger partial charge in [0.05, 0.1) is 6.61 Å². The van der Waals surface area contributed by atoms with Crippen LogP contribution < -0.4 is 5.32 Å². The van der Waals surface area contributed by atoms with Crippen molar-refractivity contribution < 1.29 is 14.3 Å². The summed E-state index contributed by atoms with van der Waals surface area (Å²) >= 11 is 0. The van der Waals surface area contributed by atoms with Crippen LogP contribution in [0.25, 0.3) is 0 Å². The topological polar surface area (TPSA) is 68.3 Å². The Morgan fingerprint density at radius 2 is 2.27 bits per heavy atom. The number of hydrogen-bond donors (Lipinski definition) is 1. The molecule has 0 spiro atoms. The van der Waals surface area contributed by atoms with E-state index in [2.05, 4.69) is 15.0 Å². The zero-order chi connectivity index (χ0) is 11.1. The summed E-state index contributed by atoms with van der Waals surface area (Å²) in [6.45, 7) is 1.88. The van der Waals surface area contributed by atoms with Gasteiger partial charge in [-0.2, -0.15) is 0 Å². The third-order valence-corrected chi connectivity index (χ3v) is 1.60. The first-order chi connectivity index (χ1) is 7.24. The van der Waals surface area contributed by atoms with Crippen molar-refractivity contribution in [1.29, 1.82) is 0 Å². The van der Waals surface area contributed by atoms with E-state index in [-0.39, 0.29) is 18.1 Å². The third kappa shape index (κ3) is 3.76. The molecule has 0 radical (unpaired) electrons. The summed E-state index contributed by atoms with van der Waals surface area (Å²) < 4.78 is 4.65. The van der Waals surface area contributed by atoms with Crippen LogP contribution in [-0.4, -0.2) is 30.0 Å². The molecular weight excluding hydrogens is 196 g/mol. The lowest BCUT2D eigenvalue weighted by Gasteiger charge is -2.03. The van der Waals surface area contributed by atoms with Crippen LogP contribution in [-0.2, 0) is 9.53 Å². The van der Waals surface area contributed by atoms with Gasteiger partial charge < -0.3 is 10.1 Å². The number of rotatable bonds is 4. The Balaban J connectivity index is 2.40. The monoisotopic (exact) mass is 208 g/mol. The first-order valence-corrected chi connectivity index (χ1v) is 4.59. The molecule has 1 heterocycles. The largest absolute Gasteiger partial charge is 0.465 e. The fourth-order valence-corrected chi connectivity index (χ4v) is 0.952. The van der Waals surface area contributed by atoms with Crippen molar-refractivity contribution in [3.63, 3.8) is 0 Å². The Morgan fingerprint density at radius 3 is 2.87 bits per heavy atom. The van der Waals surface area contributed by atoms with Gasteiger partial charge in [-0.15, -0.1) is 0 Å². The average Bonchev–Trinajstić information content (AvgIpc) is 2.27. The van der Waals surface area contributed by atoms with E-state index < -0.39 is 5.97 Å². The Labute approximate surface area is 87.5 Å². The van der Waals surface area contributed by atoms with Gasteiger partial charge in [0.2, 0.25) is 0 Å². The number of carbonyl (C=O) groups excluding carboxylic acids is 2. The van der Waals surface area contributed by atoms with Crippen molar-refractivity contribution in [3.8, 4) is 0 Å². The van der Waals surface area contributed by atoms with Gasteiger partial charge in [-0.05, 0) is 19.1 Å². The normalized spacial score (nSPS) is 9.40. The minimum atomic E-state index is -0.457. The maximum Gasteiger partial charge on any atom is 0.325 e. The van der Waals surface area contributed by atoms with Crippen molar-refractivity contribution in [2.75, 3.05) is 13.2 Å². The summed E-state index contributed by atoms with van der Waals surface area (Å²) in [4.78, 5) is 26.1. The van der Waals surface area contributed by atoms with E-state index in [1.165, 1.54) is 6.20 Å². The number of nitrogens with one attached hydrogen (secondary N) is 1. The van der Waals surface area contributed by atoms with Crippen LogP contribution in [0, 0.1) is 0 Å². The molecule has 80 valence electrons. The van der Waals surface area contributed by atoms with Crippen molar-refractivity contribution in [2.45, 2.75) is 6.92 Å². The number of hydrogen-bond acceptors (Lipinski definition) is 4. The Bertz CT molecular complexity index is 338. The van der Waals surface area contributed by atoms with Crippen molar-refractivity contribution in [3.05, 3.63) is 30.1 Å². The van der Waals surface area contributed by atoms with Crippen LogP contribution in [0.3, 0.4) is 0 Å². The smallest absolute Gasteiger partial charge is 0.325 e.